The third-order valence-corrected chi connectivity index (χ3v) is 4.96. The number of nitrogens with zero attached hydrogens (tertiary/aromatic N) is 1. The molecule has 1 aliphatic carbocycles. The van der Waals surface area contributed by atoms with Gasteiger partial charge in [0.2, 0.25) is 0 Å². The van der Waals surface area contributed by atoms with Crippen LogP contribution in [0.3, 0.4) is 0 Å². The van der Waals surface area contributed by atoms with E-state index in [9.17, 15) is 13.2 Å². The number of sulfone groups is 1. The summed E-state index contributed by atoms with van der Waals surface area (Å²) in [5.74, 6) is 1.05. The Labute approximate surface area is 90.6 Å². The second-order valence-corrected chi connectivity index (χ2v) is 6.81. The fraction of sp³-hybridized carbons (Fsp3) is 0.900. The lowest BCUT2D eigenvalue weighted by Crippen LogP contribution is -2.43. The zero-order chi connectivity index (χ0) is 10.9. The largest absolute Gasteiger partial charge is 0.301 e. The molecule has 2 rings (SSSR count). The average Bonchev–Trinajstić information content (AvgIpc) is 2.56. The van der Waals surface area contributed by atoms with Crippen LogP contribution < -0.4 is 0 Å². The number of ketones is 1. The molecule has 0 aromatic rings. The fourth-order valence-electron chi connectivity index (χ4n) is 2.33. The molecule has 1 unspecified atom stereocenters. The maximum atomic E-state index is 11.4. The van der Waals surface area contributed by atoms with Gasteiger partial charge in [-0.25, -0.2) is 8.42 Å². The summed E-state index contributed by atoms with van der Waals surface area (Å²) in [5.41, 5.74) is 0. The molecule has 5 heteroatoms. The Morgan fingerprint density at radius 1 is 1.27 bits per heavy atom. The Kier molecular flexibility index (Phi) is 3.11. The van der Waals surface area contributed by atoms with Crippen molar-refractivity contribution >= 4 is 15.6 Å². The average molecular weight is 231 g/mol. The number of Topliss-reactive ketones (excluding diaryl/α,β-unsaturated/α-hetero) is 1. The summed E-state index contributed by atoms with van der Waals surface area (Å²) >= 11 is 0. The monoisotopic (exact) mass is 231 g/mol. The van der Waals surface area contributed by atoms with Crippen LogP contribution in [0.25, 0.3) is 0 Å². The molecule has 15 heavy (non-hydrogen) atoms. The number of hydrogen-bond donors (Lipinski definition) is 0. The Balaban J connectivity index is 1.84. The fourth-order valence-corrected chi connectivity index (χ4v) is 3.60. The van der Waals surface area contributed by atoms with E-state index in [1.54, 1.807) is 0 Å². The molecule has 1 saturated heterocycles. The molecule has 4 nitrogen and oxygen atoms in total. The second kappa shape index (κ2) is 4.22. The van der Waals surface area contributed by atoms with E-state index in [0.717, 1.165) is 25.8 Å². The SMILES string of the molecule is O=C1CCCC1CN1CCS(=O)(=O)CC1. The molecule has 2 aliphatic rings. The van der Waals surface area contributed by atoms with E-state index in [1.165, 1.54) is 0 Å². The van der Waals surface area contributed by atoms with E-state index < -0.39 is 9.84 Å². The van der Waals surface area contributed by atoms with Gasteiger partial charge in [-0.3, -0.25) is 4.79 Å². The van der Waals surface area contributed by atoms with E-state index >= 15 is 0 Å². The van der Waals surface area contributed by atoms with Gasteiger partial charge in [0.25, 0.3) is 0 Å². The van der Waals surface area contributed by atoms with Crippen molar-refractivity contribution in [3.05, 3.63) is 0 Å². The molecule has 1 aliphatic heterocycles. The summed E-state index contributed by atoms with van der Waals surface area (Å²) in [4.78, 5) is 13.6. The topological polar surface area (TPSA) is 54.5 Å². The maximum absolute atomic E-state index is 11.4. The molecule has 1 heterocycles. The van der Waals surface area contributed by atoms with Gasteiger partial charge in [-0.2, -0.15) is 0 Å². The Hall–Kier alpha value is -0.420. The normalized spacial score (nSPS) is 32.0. The van der Waals surface area contributed by atoms with E-state index in [0.29, 0.717) is 18.9 Å². The first-order valence-electron chi connectivity index (χ1n) is 5.52. The summed E-state index contributed by atoms with van der Waals surface area (Å²) in [6, 6.07) is 0. The van der Waals surface area contributed by atoms with Crippen molar-refractivity contribution in [3.8, 4) is 0 Å². The van der Waals surface area contributed by atoms with Gasteiger partial charge >= 0.3 is 0 Å². The standard InChI is InChI=1S/C10H17NO3S/c12-10-3-1-2-9(10)8-11-4-6-15(13,14)7-5-11/h9H,1-8H2. The number of carbonyl (C=O) groups excluding carboxylic acids is 1. The zero-order valence-corrected chi connectivity index (χ0v) is 9.63. The van der Waals surface area contributed by atoms with E-state index in [4.69, 9.17) is 0 Å². The number of rotatable bonds is 2. The van der Waals surface area contributed by atoms with Crippen molar-refractivity contribution in [2.24, 2.45) is 5.92 Å². The lowest BCUT2D eigenvalue weighted by atomic mass is 10.1. The Bertz CT molecular complexity index is 336. The molecule has 0 radical (unpaired) electrons. The van der Waals surface area contributed by atoms with Gasteiger partial charge in [-0.05, 0) is 12.8 Å². The second-order valence-electron chi connectivity index (χ2n) is 4.51. The lowest BCUT2D eigenvalue weighted by molar-refractivity contribution is -0.121. The van der Waals surface area contributed by atoms with Crippen LogP contribution in [0.5, 0.6) is 0 Å². The highest BCUT2D eigenvalue weighted by Crippen LogP contribution is 2.22. The summed E-state index contributed by atoms with van der Waals surface area (Å²) in [6.45, 7) is 1.98. The van der Waals surface area contributed by atoms with Crippen LogP contribution in [0.2, 0.25) is 0 Å². The van der Waals surface area contributed by atoms with Crippen LogP contribution in [-0.4, -0.2) is 50.2 Å². The summed E-state index contributed by atoms with van der Waals surface area (Å²) in [6.07, 6.45) is 2.72. The molecule has 0 aromatic carbocycles. The molecule has 2 fully saturated rings. The van der Waals surface area contributed by atoms with Gasteiger partial charge in [-0.1, -0.05) is 0 Å². The summed E-state index contributed by atoms with van der Waals surface area (Å²) < 4.78 is 22.4. The van der Waals surface area contributed by atoms with Gasteiger partial charge in [-0.15, -0.1) is 0 Å². The molecule has 86 valence electrons. The summed E-state index contributed by atoms with van der Waals surface area (Å²) in [7, 11) is -2.79. The Morgan fingerprint density at radius 2 is 1.93 bits per heavy atom. The molecule has 1 saturated carbocycles. The van der Waals surface area contributed by atoms with Gasteiger partial charge in [0, 0.05) is 32.0 Å². The Morgan fingerprint density at radius 3 is 2.47 bits per heavy atom. The molecule has 1 atom stereocenters. The molecule has 0 amide bonds. The van der Waals surface area contributed by atoms with Crippen molar-refractivity contribution in [1.29, 1.82) is 0 Å². The van der Waals surface area contributed by atoms with Crippen molar-refractivity contribution in [3.63, 3.8) is 0 Å². The van der Waals surface area contributed by atoms with Crippen LogP contribution in [0.4, 0.5) is 0 Å². The van der Waals surface area contributed by atoms with E-state index in [2.05, 4.69) is 4.90 Å². The first-order chi connectivity index (χ1) is 7.07. The smallest absolute Gasteiger partial charge is 0.152 e. The van der Waals surface area contributed by atoms with Crippen LogP contribution >= 0.6 is 0 Å². The first kappa shape index (κ1) is 11.1. The molecule has 0 N–H and O–H groups in total. The van der Waals surface area contributed by atoms with Crippen molar-refractivity contribution in [2.75, 3.05) is 31.1 Å². The minimum Gasteiger partial charge on any atom is -0.301 e. The number of carbonyl (C=O) groups is 1. The molecule has 0 aromatic heterocycles. The van der Waals surface area contributed by atoms with E-state index in [1.807, 2.05) is 0 Å². The molecular formula is C10H17NO3S. The molecular weight excluding hydrogens is 214 g/mol. The highest BCUT2D eigenvalue weighted by atomic mass is 32.2. The highest BCUT2D eigenvalue weighted by Gasteiger charge is 2.29. The third-order valence-electron chi connectivity index (χ3n) is 3.35. The third kappa shape index (κ3) is 2.78. The lowest BCUT2D eigenvalue weighted by Gasteiger charge is -2.28. The van der Waals surface area contributed by atoms with Gasteiger partial charge in [0.15, 0.2) is 9.84 Å². The molecule has 0 bridgehead atoms. The minimum atomic E-state index is -2.79. The predicted octanol–water partition coefficient (Wildman–Crippen LogP) is 0.0860. The van der Waals surface area contributed by atoms with Gasteiger partial charge in [0.05, 0.1) is 11.5 Å². The van der Waals surface area contributed by atoms with Crippen LogP contribution in [-0.2, 0) is 14.6 Å². The number of hydrogen-bond acceptors (Lipinski definition) is 4. The maximum Gasteiger partial charge on any atom is 0.152 e. The van der Waals surface area contributed by atoms with Crippen LogP contribution in [0.15, 0.2) is 0 Å². The van der Waals surface area contributed by atoms with Crippen LogP contribution in [0.1, 0.15) is 19.3 Å². The zero-order valence-electron chi connectivity index (χ0n) is 8.81. The summed E-state index contributed by atoms with van der Waals surface area (Å²) in [5, 5.41) is 0. The predicted molar refractivity (Wildman–Crippen MR) is 57.4 cm³/mol. The van der Waals surface area contributed by atoms with Crippen molar-refractivity contribution < 1.29 is 13.2 Å². The molecule has 0 spiro atoms. The van der Waals surface area contributed by atoms with Crippen molar-refractivity contribution in [2.45, 2.75) is 19.3 Å². The van der Waals surface area contributed by atoms with Crippen LogP contribution in [0, 0.1) is 5.92 Å². The first-order valence-corrected chi connectivity index (χ1v) is 7.34. The van der Waals surface area contributed by atoms with Gasteiger partial charge in [0.1, 0.15) is 5.78 Å². The highest BCUT2D eigenvalue weighted by molar-refractivity contribution is 7.91. The van der Waals surface area contributed by atoms with Gasteiger partial charge < -0.3 is 4.90 Å². The quantitative estimate of drug-likeness (QED) is 0.675. The van der Waals surface area contributed by atoms with Crippen molar-refractivity contribution in [1.82, 2.24) is 4.90 Å². The van der Waals surface area contributed by atoms with E-state index in [-0.39, 0.29) is 17.4 Å². The minimum absolute atomic E-state index is 0.172.